The smallest absolute Gasteiger partial charge is 0.280 e. The summed E-state index contributed by atoms with van der Waals surface area (Å²) in [7, 11) is 2.91. The number of carbonyl (C=O) groups excluding carboxylic acids is 1. The molecule has 1 atom stereocenters. The number of halogens is 1. The standard InChI is InChI=1S/C19H24ClN5O4/c1-28-16-6-5-12(8-15(16)20)9-21-17-14(18(27)24-29-2)10-22-19(23-17)25-7-3-4-13(25)11-26/h5-6,8,10,13,26H,3-4,7,9,11H2,1-2H3,(H,24,27)(H,21,22,23)/t13-/m0/s1. The SMILES string of the molecule is CONC(=O)c1cnc(N2CCC[C@H]2CO)nc1NCc1ccc(OC)c(Cl)c1. The van der Waals surface area contributed by atoms with Gasteiger partial charge in [0.25, 0.3) is 5.91 Å². The fourth-order valence-corrected chi connectivity index (χ4v) is 3.53. The molecule has 1 aromatic carbocycles. The molecule has 0 saturated carbocycles. The van der Waals surface area contributed by atoms with E-state index in [1.165, 1.54) is 13.3 Å². The van der Waals surface area contributed by atoms with Gasteiger partial charge in [-0.2, -0.15) is 4.98 Å². The number of anilines is 2. The fraction of sp³-hybridized carbons (Fsp3) is 0.421. The number of amides is 1. The topological polar surface area (TPSA) is 109 Å². The number of methoxy groups -OCH3 is 1. The number of benzene rings is 1. The molecule has 0 unspecified atom stereocenters. The monoisotopic (exact) mass is 421 g/mol. The Bertz CT molecular complexity index is 866. The number of ether oxygens (including phenoxy) is 1. The van der Waals surface area contributed by atoms with Crippen LogP contribution in [0, 0.1) is 0 Å². The number of hydrogen-bond donors (Lipinski definition) is 3. The van der Waals surface area contributed by atoms with Crippen molar-refractivity contribution in [3.05, 3.63) is 40.5 Å². The maximum Gasteiger partial charge on any atom is 0.280 e. The lowest BCUT2D eigenvalue weighted by Crippen LogP contribution is -2.34. The molecule has 0 aliphatic carbocycles. The third-order valence-electron chi connectivity index (χ3n) is 4.74. The molecule has 2 heterocycles. The van der Waals surface area contributed by atoms with E-state index < -0.39 is 5.91 Å². The molecule has 9 nitrogen and oxygen atoms in total. The quantitative estimate of drug-likeness (QED) is 0.555. The first-order valence-electron chi connectivity index (χ1n) is 9.21. The lowest BCUT2D eigenvalue weighted by molar-refractivity contribution is 0.0538. The van der Waals surface area contributed by atoms with E-state index >= 15 is 0 Å². The third kappa shape index (κ3) is 4.87. The molecular formula is C19H24ClN5O4. The van der Waals surface area contributed by atoms with Crippen LogP contribution in [0.3, 0.4) is 0 Å². The zero-order valence-corrected chi connectivity index (χ0v) is 17.1. The molecule has 3 rings (SSSR count). The summed E-state index contributed by atoms with van der Waals surface area (Å²) in [5.41, 5.74) is 3.42. The molecule has 3 N–H and O–H groups in total. The molecule has 1 fully saturated rings. The van der Waals surface area contributed by atoms with Crippen molar-refractivity contribution in [1.29, 1.82) is 0 Å². The van der Waals surface area contributed by atoms with Crippen molar-refractivity contribution >= 4 is 29.3 Å². The highest BCUT2D eigenvalue weighted by Crippen LogP contribution is 2.27. The van der Waals surface area contributed by atoms with Gasteiger partial charge in [-0.3, -0.25) is 9.63 Å². The summed E-state index contributed by atoms with van der Waals surface area (Å²) < 4.78 is 5.17. The van der Waals surface area contributed by atoms with Crippen LogP contribution >= 0.6 is 11.6 Å². The summed E-state index contributed by atoms with van der Waals surface area (Å²) in [6.07, 6.45) is 3.28. The Labute approximate surface area is 174 Å². The second kappa shape index (κ2) is 9.73. The van der Waals surface area contributed by atoms with Crippen LogP contribution in [-0.4, -0.2) is 54.4 Å². The van der Waals surface area contributed by atoms with Crippen LogP contribution in [0.4, 0.5) is 11.8 Å². The molecule has 10 heteroatoms. The zero-order valence-electron chi connectivity index (χ0n) is 16.3. The minimum Gasteiger partial charge on any atom is -0.495 e. The second-order valence-corrected chi connectivity index (χ2v) is 6.97. The molecule has 1 aromatic heterocycles. The lowest BCUT2D eigenvalue weighted by atomic mass is 10.2. The van der Waals surface area contributed by atoms with Crippen LogP contribution in [0.25, 0.3) is 0 Å². The van der Waals surface area contributed by atoms with E-state index in [9.17, 15) is 9.90 Å². The van der Waals surface area contributed by atoms with Gasteiger partial charge in [0, 0.05) is 19.3 Å². The minimum atomic E-state index is -0.463. The number of hydroxylamine groups is 1. The molecule has 0 bridgehead atoms. The van der Waals surface area contributed by atoms with Gasteiger partial charge < -0.3 is 20.1 Å². The van der Waals surface area contributed by atoms with Gasteiger partial charge in [0.15, 0.2) is 0 Å². The Hall–Kier alpha value is -2.62. The summed E-state index contributed by atoms with van der Waals surface area (Å²) >= 11 is 6.19. The summed E-state index contributed by atoms with van der Waals surface area (Å²) in [6, 6.07) is 5.41. The average molecular weight is 422 g/mol. The zero-order chi connectivity index (χ0) is 20.8. The van der Waals surface area contributed by atoms with Crippen LogP contribution in [0.5, 0.6) is 5.75 Å². The number of aliphatic hydroxyl groups is 1. The molecule has 1 aliphatic rings. The van der Waals surface area contributed by atoms with Crippen molar-refractivity contribution in [1.82, 2.24) is 15.4 Å². The van der Waals surface area contributed by atoms with Crippen molar-refractivity contribution in [3.63, 3.8) is 0 Å². The Morgan fingerprint density at radius 3 is 2.93 bits per heavy atom. The van der Waals surface area contributed by atoms with E-state index in [1.807, 2.05) is 11.0 Å². The van der Waals surface area contributed by atoms with Crippen LogP contribution in [0.15, 0.2) is 24.4 Å². The third-order valence-corrected chi connectivity index (χ3v) is 5.03. The van der Waals surface area contributed by atoms with Gasteiger partial charge >= 0.3 is 0 Å². The van der Waals surface area contributed by atoms with E-state index in [2.05, 4.69) is 20.8 Å². The highest BCUT2D eigenvalue weighted by molar-refractivity contribution is 6.32. The Morgan fingerprint density at radius 1 is 1.41 bits per heavy atom. The van der Waals surface area contributed by atoms with E-state index in [4.69, 9.17) is 21.2 Å². The Balaban J connectivity index is 1.86. The molecule has 0 radical (unpaired) electrons. The first-order valence-corrected chi connectivity index (χ1v) is 9.59. The number of carbonyl (C=O) groups is 1. The van der Waals surface area contributed by atoms with Gasteiger partial charge in [-0.15, -0.1) is 0 Å². The van der Waals surface area contributed by atoms with Crippen molar-refractivity contribution in [3.8, 4) is 5.75 Å². The van der Waals surface area contributed by atoms with Crippen LogP contribution in [-0.2, 0) is 11.4 Å². The van der Waals surface area contributed by atoms with Gasteiger partial charge in [-0.25, -0.2) is 10.5 Å². The predicted octanol–water partition coefficient (Wildman–Crippen LogP) is 2.00. The molecule has 0 spiro atoms. The average Bonchev–Trinajstić information content (AvgIpc) is 3.21. The molecular weight excluding hydrogens is 398 g/mol. The number of rotatable bonds is 8. The summed E-state index contributed by atoms with van der Waals surface area (Å²) in [4.78, 5) is 27.9. The predicted molar refractivity (Wildman–Crippen MR) is 109 cm³/mol. The van der Waals surface area contributed by atoms with Gasteiger partial charge in [-0.05, 0) is 30.5 Å². The molecule has 2 aromatic rings. The first kappa shape index (κ1) is 21.1. The van der Waals surface area contributed by atoms with E-state index in [-0.39, 0.29) is 18.2 Å². The van der Waals surface area contributed by atoms with Crippen molar-refractivity contribution < 1.29 is 19.5 Å². The molecule has 156 valence electrons. The molecule has 29 heavy (non-hydrogen) atoms. The number of hydrogen-bond acceptors (Lipinski definition) is 8. The highest BCUT2D eigenvalue weighted by Gasteiger charge is 2.27. The normalized spacial score (nSPS) is 16.0. The van der Waals surface area contributed by atoms with E-state index in [1.54, 1.807) is 19.2 Å². The van der Waals surface area contributed by atoms with E-state index in [0.29, 0.717) is 29.1 Å². The number of aliphatic hydroxyl groups excluding tert-OH is 1. The Morgan fingerprint density at radius 2 is 2.24 bits per heavy atom. The number of nitrogens with one attached hydrogen (secondary N) is 2. The summed E-state index contributed by atoms with van der Waals surface area (Å²) in [6.45, 7) is 1.17. The largest absolute Gasteiger partial charge is 0.495 e. The van der Waals surface area contributed by atoms with Gasteiger partial charge in [0.2, 0.25) is 5.95 Å². The number of nitrogens with zero attached hydrogens (tertiary/aromatic N) is 3. The maximum absolute atomic E-state index is 12.3. The van der Waals surface area contributed by atoms with Gasteiger partial charge in [-0.1, -0.05) is 17.7 Å². The lowest BCUT2D eigenvalue weighted by Gasteiger charge is -2.23. The van der Waals surface area contributed by atoms with Gasteiger partial charge in [0.1, 0.15) is 17.1 Å². The molecule has 1 aliphatic heterocycles. The summed E-state index contributed by atoms with van der Waals surface area (Å²) in [5, 5.41) is 13.3. The first-order chi connectivity index (χ1) is 14.1. The van der Waals surface area contributed by atoms with Crippen LogP contribution in [0.2, 0.25) is 5.02 Å². The van der Waals surface area contributed by atoms with E-state index in [0.717, 1.165) is 24.9 Å². The Kier molecular flexibility index (Phi) is 7.08. The van der Waals surface area contributed by atoms with Crippen molar-refractivity contribution in [2.45, 2.75) is 25.4 Å². The van der Waals surface area contributed by atoms with Gasteiger partial charge in [0.05, 0.1) is 31.9 Å². The maximum atomic E-state index is 12.3. The second-order valence-electron chi connectivity index (χ2n) is 6.56. The van der Waals surface area contributed by atoms with Crippen LogP contribution in [0.1, 0.15) is 28.8 Å². The van der Waals surface area contributed by atoms with Crippen molar-refractivity contribution in [2.75, 3.05) is 37.6 Å². The number of aromatic nitrogens is 2. The minimum absolute atomic E-state index is 0.0260. The van der Waals surface area contributed by atoms with Crippen molar-refractivity contribution in [2.24, 2.45) is 0 Å². The molecule has 1 saturated heterocycles. The van der Waals surface area contributed by atoms with Crippen LogP contribution < -0.4 is 20.4 Å². The summed E-state index contributed by atoms with van der Waals surface area (Å²) in [5.74, 6) is 0.948. The highest BCUT2D eigenvalue weighted by atomic mass is 35.5. The fourth-order valence-electron chi connectivity index (χ4n) is 3.25. The molecule has 1 amide bonds.